The first kappa shape index (κ1) is 25.9. The molecule has 2 saturated carbocycles. The van der Waals surface area contributed by atoms with E-state index in [9.17, 15) is 14.4 Å². The molecule has 0 bridgehead atoms. The van der Waals surface area contributed by atoms with E-state index in [1.54, 1.807) is 7.05 Å². The van der Waals surface area contributed by atoms with Crippen molar-refractivity contribution in [3.8, 4) is 0 Å². The van der Waals surface area contributed by atoms with Gasteiger partial charge in [0.15, 0.2) is 0 Å². The molecule has 1 aliphatic heterocycles. The smallest absolute Gasteiger partial charge is 0.270 e. The highest BCUT2D eigenvalue weighted by Crippen LogP contribution is 2.51. The van der Waals surface area contributed by atoms with Gasteiger partial charge in [0.1, 0.15) is 18.0 Å². The van der Waals surface area contributed by atoms with E-state index in [0.717, 1.165) is 43.2 Å². The highest BCUT2D eigenvalue weighted by Gasteiger charge is 2.48. The van der Waals surface area contributed by atoms with Gasteiger partial charge in [-0.15, -0.1) is 0 Å². The van der Waals surface area contributed by atoms with Crippen LogP contribution in [0.25, 0.3) is 0 Å². The Hall–Kier alpha value is -3.20. The summed E-state index contributed by atoms with van der Waals surface area (Å²) in [5, 5.41) is 9.17. The number of aldehydes is 1. The predicted octanol–water partition coefficient (Wildman–Crippen LogP) is 2.38. The molecule has 2 amide bonds. The SMILES string of the molecule is CN=C(/C=C\N)C(=O)NC(C(=O)Nc1ccc(C2(C=O)CCOCC2)c(NC)c1)C(C1CC1)C1CC1. The fourth-order valence-corrected chi connectivity index (χ4v) is 5.46. The topological polar surface area (TPSA) is 135 Å². The van der Waals surface area contributed by atoms with Gasteiger partial charge in [-0.1, -0.05) is 6.07 Å². The van der Waals surface area contributed by atoms with Crippen LogP contribution < -0.4 is 21.7 Å². The van der Waals surface area contributed by atoms with Gasteiger partial charge in [-0.25, -0.2) is 0 Å². The van der Waals surface area contributed by atoms with Crippen molar-refractivity contribution in [2.45, 2.75) is 50.0 Å². The molecule has 9 heteroatoms. The van der Waals surface area contributed by atoms with Crippen LogP contribution in [0.4, 0.5) is 11.4 Å². The van der Waals surface area contributed by atoms with Gasteiger partial charge in [0, 0.05) is 38.7 Å². The summed E-state index contributed by atoms with van der Waals surface area (Å²) in [6.45, 7) is 1.07. The van der Waals surface area contributed by atoms with Gasteiger partial charge in [-0.05, 0) is 86.3 Å². The van der Waals surface area contributed by atoms with Gasteiger partial charge >= 0.3 is 0 Å². The second-order valence-corrected chi connectivity index (χ2v) is 10.1. The number of hydrogen-bond acceptors (Lipinski definition) is 7. The molecule has 0 aromatic heterocycles. The summed E-state index contributed by atoms with van der Waals surface area (Å²) in [6, 6.07) is 4.91. The number of nitrogens with one attached hydrogen (secondary N) is 3. The van der Waals surface area contributed by atoms with Crippen LogP contribution in [0.1, 0.15) is 44.1 Å². The monoisotopic (exact) mass is 495 g/mol. The van der Waals surface area contributed by atoms with Crippen molar-refractivity contribution in [3.63, 3.8) is 0 Å². The van der Waals surface area contributed by atoms with Crippen molar-refractivity contribution in [2.75, 3.05) is 37.9 Å². The minimum Gasteiger partial charge on any atom is -0.405 e. The number of anilines is 2. The molecule has 0 spiro atoms. The van der Waals surface area contributed by atoms with Gasteiger partial charge < -0.3 is 31.2 Å². The molecular weight excluding hydrogens is 458 g/mol. The minimum absolute atomic E-state index is 0.0949. The average Bonchev–Trinajstić information content (AvgIpc) is 3.82. The first-order valence-corrected chi connectivity index (χ1v) is 12.8. The first-order chi connectivity index (χ1) is 17.5. The van der Waals surface area contributed by atoms with Crippen molar-refractivity contribution >= 4 is 35.2 Å². The summed E-state index contributed by atoms with van der Waals surface area (Å²) in [7, 11) is 3.33. The number of hydrogen-bond donors (Lipinski definition) is 4. The van der Waals surface area contributed by atoms with Crippen LogP contribution in [0.3, 0.4) is 0 Å². The third kappa shape index (κ3) is 5.61. The van der Waals surface area contributed by atoms with E-state index >= 15 is 0 Å². The van der Waals surface area contributed by atoms with Crippen LogP contribution in [0.15, 0.2) is 35.5 Å². The van der Waals surface area contributed by atoms with Crippen molar-refractivity contribution in [1.29, 1.82) is 0 Å². The van der Waals surface area contributed by atoms with Crippen LogP contribution in [-0.4, -0.2) is 57.2 Å². The summed E-state index contributed by atoms with van der Waals surface area (Å²) in [5.74, 6) is 0.320. The maximum Gasteiger partial charge on any atom is 0.270 e. The summed E-state index contributed by atoms with van der Waals surface area (Å²) in [4.78, 5) is 42.7. The van der Waals surface area contributed by atoms with Crippen molar-refractivity contribution in [3.05, 3.63) is 36.0 Å². The molecule has 1 saturated heterocycles. The van der Waals surface area contributed by atoms with Crippen LogP contribution in [-0.2, 0) is 24.5 Å². The molecule has 1 heterocycles. The van der Waals surface area contributed by atoms with Gasteiger partial charge in [0.25, 0.3) is 5.91 Å². The number of carbonyl (C=O) groups excluding carboxylic acids is 3. The molecule has 4 rings (SSSR count). The predicted molar refractivity (Wildman–Crippen MR) is 140 cm³/mol. The van der Waals surface area contributed by atoms with Gasteiger partial charge in [0.2, 0.25) is 5.91 Å². The molecule has 194 valence electrons. The quantitative estimate of drug-likeness (QED) is 0.275. The molecule has 1 atom stereocenters. The minimum atomic E-state index is -0.671. The van der Waals surface area contributed by atoms with Crippen LogP contribution in [0.2, 0.25) is 0 Å². The fraction of sp³-hybridized carbons (Fsp3) is 0.556. The summed E-state index contributed by atoms with van der Waals surface area (Å²) in [6.07, 6.45) is 9.27. The lowest BCUT2D eigenvalue weighted by molar-refractivity contribution is -0.124. The first-order valence-electron chi connectivity index (χ1n) is 12.8. The van der Waals surface area contributed by atoms with E-state index in [1.165, 1.54) is 19.3 Å². The molecule has 3 fully saturated rings. The number of rotatable bonds is 11. The number of ether oxygens (including phenoxy) is 1. The normalized spacial score (nSPS) is 20.7. The van der Waals surface area contributed by atoms with E-state index in [4.69, 9.17) is 10.5 Å². The molecule has 1 aromatic rings. The lowest BCUT2D eigenvalue weighted by Gasteiger charge is -2.34. The summed E-state index contributed by atoms with van der Waals surface area (Å²) < 4.78 is 5.48. The lowest BCUT2D eigenvalue weighted by Crippen LogP contribution is -2.51. The third-order valence-electron chi connectivity index (χ3n) is 7.72. The Morgan fingerprint density at radius 1 is 1.17 bits per heavy atom. The van der Waals surface area contributed by atoms with Crippen LogP contribution >= 0.6 is 0 Å². The van der Waals surface area contributed by atoms with Crippen molar-refractivity contribution in [2.24, 2.45) is 28.5 Å². The largest absolute Gasteiger partial charge is 0.405 e. The molecule has 5 N–H and O–H groups in total. The fourth-order valence-electron chi connectivity index (χ4n) is 5.46. The van der Waals surface area contributed by atoms with E-state index < -0.39 is 17.4 Å². The second-order valence-electron chi connectivity index (χ2n) is 10.1. The van der Waals surface area contributed by atoms with E-state index in [-0.39, 0.29) is 17.5 Å². The summed E-state index contributed by atoms with van der Waals surface area (Å²) >= 11 is 0. The number of carbonyl (C=O) groups is 3. The molecule has 1 unspecified atom stereocenters. The zero-order valence-corrected chi connectivity index (χ0v) is 21.1. The van der Waals surface area contributed by atoms with Gasteiger partial charge in [0.05, 0.1) is 5.41 Å². The van der Waals surface area contributed by atoms with E-state index in [1.807, 2.05) is 18.2 Å². The van der Waals surface area contributed by atoms with E-state index in [2.05, 4.69) is 20.9 Å². The Morgan fingerprint density at radius 3 is 2.36 bits per heavy atom. The summed E-state index contributed by atoms with van der Waals surface area (Å²) in [5.41, 5.74) is 7.34. The Morgan fingerprint density at radius 2 is 1.83 bits per heavy atom. The zero-order chi connectivity index (χ0) is 25.7. The second kappa shape index (κ2) is 11.2. The molecule has 36 heavy (non-hydrogen) atoms. The average molecular weight is 496 g/mol. The highest BCUT2D eigenvalue weighted by atomic mass is 16.5. The molecule has 0 radical (unpaired) electrons. The van der Waals surface area contributed by atoms with Gasteiger partial charge in [-0.2, -0.15) is 0 Å². The standard InChI is InChI=1S/C27H37N5O4/c1-29-21(9-12-28)25(34)32-24(23(17-3-4-17)18-5-6-18)26(35)31-19-7-8-20(22(15-19)30-2)27(16-33)10-13-36-14-11-27/h7-9,12,15-18,23-24,30H,3-6,10-11,13-14,28H2,1-2H3,(H,31,35)(H,32,34)/b12-9-,29-21?. The Balaban J connectivity index is 1.57. The Kier molecular flexibility index (Phi) is 8.08. The van der Waals surface area contributed by atoms with Crippen LogP contribution in [0.5, 0.6) is 0 Å². The molecule has 1 aromatic carbocycles. The molecule has 3 aliphatic rings. The number of benzene rings is 1. The van der Waals surface area contributed by atoms with Crippen LogP contribution in [0, 0.1) is 17.8 Å². The number of nitrogens with two attached hydrogens (primary N) is 1. The maximum absolute atomic E-state index is 13.6. The number of aliphatic imine (C=N–C) groups is 1. The number of nitrogens with zero attached hydrogens (tertiary/aromatic N) is 1. The lowest BCUT2D eigenvalue weighted by atomic mass is 9.74. The maximum atomic E-state index is 13.6. The Labute approximate surface area is 212 Å². The molecular formula is C27H37N5O4. The Bertz CT molecular complexity index is 1030. The molecule has 2 aliphatic carbocycles. The van der Waals surface area contributed by atoms with Crippen molar-refractivity contribution in [1.82, 2.24) is 5.32 Å². The molecule has 9 nitrogen and oxygen atoms in total. The van der Waals surface area contributed by atoms with E-state index in [0.29, 0.717) is 43.6 Å². The van der Waals surface area contributed by atoms with Crippen molar-refractivity contribution < 1.29 is 19.1 Å². The van der Waals surface area contributed by atoms with Gasteiger partial charge in [-0.3, -0.25) is 14.6 Å². The number of amides is 2. The highest BCUT2D eigenvalue weighted by molar-refractivity contribution is 6.43. The third-order valence-corrected chi connectivity index (χ3v) is 7.72. The zero-order valence-electron chi connectivity index (χ0n) is 21.1.